The first kappa shape index (κ1) is 25.2. The quantitative estimate of drug-likeness (QED) is 0.194. The van der Waals surface area contributed by atoms with Crippen LogP contribution < -0.4 is 17.2 Å². The summed E-state index contributed by atoms with van der Waals surface area (Å²) in [5.41, 5.74) is 8.90. The number of aliphatic hydroxyl groups is 1. The van der Waals surface area contributed by atoms with E-state index in [1.807, 2.05) is 0 Å². The minimum atomic E-state index is -5.70. The summed E-state index contributed by atoms with van der Waals surface area (Å²) in [4.78, 5) is 51.0. The number of hydrogen-bond acceptors (Lipinski definition) is 12. The third-order valence-corrected chi connectivity index (χ3v) is 7.55. The van der Waals surface area contributed by atoms with E-state index in [1.54, 1.807) is 0 Å². The molecule has 1 saturated heterocycles. The Labute approximate surface area is 167 Å². The highest BCUT2D eigenvalue weighted by Gasteiger charge is 2.53. The van der Waals surface area contributed by atoms with E-state index in [2.05, 4.69) is 18.1 Å². The predicted molar refractivity (Wildman–Crippen MR) is 95.2 cm³/mol. The van der Waals surface area contributed by atoms with Gasteiger partial charge in [-0.25, -0.2) is 18.5 Å². The summed E-state index contributed by atoms with van der Waals surface area (Å²) < 4.78 is 51.6. The van der Waals surface area contributed by atoms with Crippen LogP contribution in [0.5, 0.6) is 0 Å². The lowest BCUT2D eigenvalue weighted by atomic mass is 9.93. The number of anilines is 1. The molecular formula is C10H19N4O13P3. The molecule has 1 aliphatic rings. The molecule has 1 aromatic heterocycles. The zero-order chi connectivity index (χ0) is 23.1. The van der Waals surface area contributed by atoms with Gasteiger partial charge in [-0.1, -0.05) is 0 Å². The topological polar surface area (TPSA) is 276 Å². The Morgan fingerprint density at radius 2 is 1.83 bits per heavy atom. The molecular weight excluding hydrogens is 477 g/mol. The van der Waals surface area contributed by atoms with E-state index in [0.717, 1.165) is 4.57 Å². The van der Waals surface area contributed by atoms with Crippen LogP contribution in [0, 0.1) is 0 Å². The second-order valence-electron chi connectivity index (χ2n) is 6.27. The number of nitrogens with two attached hydrogens (primary N) is 2. The van der Waals surface area contributed by atoms with Crippen LogP contribution in [0.4, 0.5) is 5.82 Å². The fourth-order valence-corrected chi connectivity index (χ4v) is 5.53. The van der Waals surface area contributed by atoms with E-state index in [0.29, 0.717) is 0 Å². The van der Waals surface area contributed by atoms with Crippen LogP contribution in [0.25, 0.3) is 0 Å². The molecule has 1 aliphatic heterocycles. The van der Waals surface area contributed by atoms with Gasteiger partial charge in [-0.15, -0.1) is 0 Å². The normalized spacial score (nSPS) is 31.2. The van der Waals surface area contributed by atoms with Crippen LogP contribution in [-0.4, -0.2) is 58.6 Å². The maximum atomic E-state index is 12.0. The van der Waals surface area contributed by atoms with Crippen molar-refractivity contribution in [2.24, 2.45) is 5.73 Å². The molecule has 172 valence electrons. The standard InChI is InChI=1S/C10H19N4O13P3/c1-10(12)7(15)5(25-8(10)14-3-2-6(11)13-9(14)16)4-24-29(20,21)27-30(22,23)26-28(17,18)19/h2-3,5,7-8,15H,4,12H2,1H3,(H,20,21)(H,22,23)(H2,11,13,16)(H2,17,18,19). The van der Waals surface area contributed by atoms with E-state index in [-0.39, 0.29) is 5.82 Å². The minimum absolute atomic E-state index is 0.0854. The number of nitrogens with zero attached hydrogens (tertiary/aromatic N) is 2. The number of aliphatic hydroxyl groups excluding tert-OH is 1. The molecule has 0 aromatic carbocycles. The molecule has 1 fully saturated rings. The first-order chi connectivity index (χ1) is 13.4. The third-order valence-electron chi connectivity index (χ3n) is 3.75. The Morgan fingerprint density at radius 1 is 1.23 bits per heavy atom. The van der Waals surface area contributed by atoms with E-state index in [4.69, 9.17) is 30.9 Å². The molecule has 0 amide bonds. The van der Waals surface area contributed by atoms with Crippen molar-refractivity contribution in [3.63, 3.8) is 0 Å². The number of phosphoric acid groups is 3. The molecule has 2 rings (SSSR count). The molecule has 0 saturated carbocycles. The van der Waals surface area contributed by atoms with Crippen molar-refractivity contribution in [2.75, 3.05) is 12.3 Å². The lowest BCUT2D eigenvalue weighted by Crippen LogP contribution is -2.53. The Hall–Kier alpha value is -1.03. The molecule has 20 heteroatoms. The van der Waals surface area contributed by atoms with Gasteiger partial charge in [0.2, 0.25) is 0 Å². The molecule has 30 heavy (non-hydrogen) atoms. The van der Waals surface area contributed by atoms with Crippen LogP contribution in [0.2, 0.25) is 0 Å². The van der Waals surface area contributed by atoms with Gasteiger partial charge in [0.15, 0.2) is 6.23 Å². The van der Waals surface area contributed by atoms with Gasteiger partial charge >= 0.3 is 29.2 Å². The van der Waals surface area contributed by atoms with Gasteiger partial charge in [-0.3, -0.25) is 9.09 Å². The van der Waals surface area contributed by atoms with Crippen molar-refractivity contribution in [3.05, 3.63) is 22.7 Å². The fourth-order valence-electron chi connectivity index (χ4n) is 2.50. The van der Waals surface area contributed by atoms with Gasteiger partial charge in [0, 0.05) is 6.20 Å². The summed E-state index contributed by atoms with van der Waals surface area (Å²) >= 11 is 0. The van der Waals surface area contributed by atoms with Crippen molar-refractivity contribution in [1.82, 2.24) is 9.55 Å². The maximum absolute atomic E-state index is 12.0. The van der Waals surface area contributed by atoms with Crippen molar-refractivity contribution >= 4 is 29.3 Å². The Kier molecular flexibility index (Phi) is 7.14. The summed E-state index contributed by atoms with van der Waals surface area (Å²) in [6.07, 6.45) is -3.15. The number of hydrogen-bond donors (Lipinski definition) is 7. The SMILES string of the molecule is CC1(N)C(O)C(COP(=O)(O)OP(=O)(O)OP(=O)(O)O)OC1n1ccc(N)nc1=O. The summed E-state index contributed by atoms with van der Waals surface area (Å²) in [5.74, 6) is -0.0854. The second kappa shape index (κ2) is 8.48. The third kappa shape index (κ3) is 6.24. The average Bonchev–Trinajstić information content (AvgIpc) is 2.73. The second-order valence-corrected chi connectivity index (χ2v) is 10.7. The molecule has 1 aromatic rings. The van der Waals surface area contributed by atoms with Gasteiger partial charge in [0.25, 0.3) is 0 Å². The van der Waals surface area contributed by atoms with Gasteiger partial charge in [0.1, 0.15) is 18.0 Å². The van der Waals surface area contributed by atoms with Gasteiger partial charge in [-0.2, -0.15) is 13.6 Å². The average molecular weight is 496 g/mol. The monoisotopic (exact) mass is 496 g/mol. The first-order valence-corrected chi connectivity index (χ1v) is 12.2. The van der Waals surface area contributed by atoms with Gasteiger partial charge in [-0.05, 0) is 13.0 Å². The van der Waals surface area contributed by atoms with Crippen molar-refractivity contribution < 1.29 is 56.3 Å². The van der Waals surface area contributed by atoms with Gasteiger partial charge < -0.3 is 40.9 Å². The highest BCUT2D eigenvalue weighted by Crippen LogP contribution is 2.66. The van der Waals surface area contributed by atoms with E-state index < -0.39 is 59.7 Å². The Balaban J connectivity index is 2.12. The van der Waals surface area contributed by atoms with Crippen LogP contribution in [0.15, 0.2) is 17.1 Å². The Morgan fingerprint density at radius 3 is 2.37 bits per heavy atom. The van der Waals surface area contributed by atoms with Crippen molar-refractivity contribution in [3.8, 4) is 0 Å². The van der Waals surface area contributed by atoms with Crippen molar-refractivity contribution in [2.45, 2.75) is 30.9 Å². The highest BCUT2D eigenvalue weighted by atomic mass is 31.3. The summed E-state index contributed by atoms with van der Waals surface area (Å²) in [6, 6.07) is 1.26. The van der Waals surface area contributed by atoms with E-state index >= 15 is 0 Å². The molecule has 6 atom stereocenters. The van der Waals surface area contributed by atoms with E-state index in [9.17, 15) is 28.5 Å². The first-order valence-electron chi connectivity index (χ1n) is 7.69. The molecule has 0 radical (unpaired) electrons. The summed E-state index contributed by atoms with van der Waals surface area (Å²) in [5, 5.41) is 10.3. The molecule has 9 N–H and O–H groups in total. The zero-order valence-corrected chi connectivity index (χ0v) is 17.7. The van der Waals surface area contributed by atoms with E-state index in [1.165, 1.54) is 19.2 Å². The largest absolute Gasteiger partial charge is 0.490 e. The van der Waals surface area contributed by atoms with Gasteiger partial charge in [0.05, 0.1) is 12.1 Å². The minimum Gasteiger partial charge on any atom is -0.388 e. The lowest BCUT2D eigenvalue weighted by Gasteiger charge is -2.28. The molecule has 17 nitrogen and oxygen atoms in total. The molecule has 0 spiro atoms. The Bertz CT molecular complexity index is 992. The number of phosphoric ester groups is 1. The maximum Gasteiger partial charge on any atom is 0.490 e. The fraction of sp³-hybridized carbons (Fsp3) is 0.600. The van der Waals surface area contributed by atoms with Crippen molar-refractivity contribution in [1.29, 1.82) is 0 Å². The zero-order valence-electron chi connectivity index (χ0n) is 15.0. The number of ether oxygens (including phenoxy) is 1. The number of rotatable bonds is 8. The lowest BCUT2D eigenvalue weighted by molar-refractivity contribution is -0.0477. The molecule has 0 bridgehead atoms. The molecule has 2 heterocycles. The molecule has 6 unspecified atom stereocenters. The predicted octanol–water partition coefficient (Wildman–Crippen LogP) is -1.86. The van der Waals surface area contributed by atoms with Crippen LogP contribution in [0.1, 0.15) is 13.2 Å². The molecule has 0 aliphatic carbocycles. The highest BCUT2D eigenvalue weighted by molar-refractivity contribution is 7.66. The van der Waals surface area contributed by atoms with Crippen LogP contribution in [-0.2, 0) is 31.6 Å². The van der Waals surface area contributed by atoms with Crippen LogP contribution >= 0.6 is 23.5 Å². The van der Waals surface area contributed by atoms with Crippen LogP contribution in [0.3, 0.4) is 0 Å². The number of aromatic nitrogens is 2. The smallest absolute Gasteiger partial charge is 0.388 e. The summed E-state index contributed by atoms with van der Waals surface area (Å²) in [7, 11) is -16.7. The number of nitrogen functional groups attached to an aromatic ring is 1. The summed E-state index contributed by atoms with van der Waals surface area (Å²) in [6.45, 7) is 0.348.